The Labute approximate surface area is 424 Å². The van der Waals surface area contributed by atoms with Crippen LogP contribution in [0, 0.1) is 63.1 Å². The zero-order chi connectivity index (χ0) is 53.9. The highest BCUT2D eigenvalue weighted by molar-refractivity contribution is 8.77. The number of carboxylic acid groups (broad SMARTS) is 4. The second-order valence-corrected chi connectivity index (χ2v) is 25.4. The van der Waals surface area contributed by atoms with Gasteiger partial charge >= 0.3 is 23.9 Å². The summed E-state index contributed by atoms with van der Waals surface area (Å²) in [5.74, 6) is -18.7. The average molecular weight is 1040 g/mol. The Morgan fingerprint density at radius 2 is 1.42 bits per heavy atom. The van der Waals surface area contributed by atoms with Crippen molar-refractivity contribution in [3.63, 3.8) is 0 Å². The van der Waals surface area contributed by atoms with Gasteiger partial charge in [0.15, 0.2) is 0 Å². The first kappa shape index (κ1) is 60.4. The number of nitrogens with two attached hydrogens (primary N) is 1. The maximum Gasteiger partial charge on any atom is 0.307 e. The van der Waals surface area contributed by atoms with E-state index in [2.05, 4.69) is 31.2 Å². The molecular formula is C49H79N7O13S2. The second-order valence-electron chi connectivity index (χ2n) is 22.6. The minimum absolute atomic E-state index is 0.0000763. The number of carboxylic acids is 4. The molecule has 0 aromatic carbocycles. The molecule has 9 unspecified atom stereocenters. The Hall–Kier alpha value is -4.86. The number of aromatic nitrogens is 2. The maximum absolute atomic E-state index is 14.5. The lowest BCUT2D eigenvalue weighted by Crippen LogP contribution is -2.57. The van der Waals surface area contributed by atoms with Crippen molar-refractivity contribution >= 4 is 75.0 Å². The van der Waals surface area contributed by atoms with Gasteiger partial charge in [0.1, 0.15) is 0 Å². The molecule has 3 heterocycles. The van der Waals surface area contributed by atoms with Crippen LogP contribution in [0.2, 0.25) is 0 Å². The summed E-state index contributed by atoms with van der Waals surface area (Å²) in [4.78, 5) is 128. The number of hydrogen-bond donors (Lipinski definition) is 10. The molecule has 2 fully saturated rings. The van der Waals surface area contributed by atoms with Gasteiger partial charge in [0.05, 0.1) is 59.0 Å². The van der Waals surface area contributed by atoms with Crippen LogP contribution in [0.5, 0.6) is 0 Å². The van der Waals surface area contributed by atoms with Crippen molar-refractivity contribution in [2.45, 2.75) is 144 Å². The minimum atomic E-state index is -1.78. The Balaban J connectivity index is 1.97. The normalized spacial score (nSPS) is 21.2. The van der Waals surface area contributed by atoms with Crippen LogP contribution in [0.1, 0.15) is 133 Å². The molecule has 0 spiro atoms. The summed E-state index contributed by atoms with van der Waals surface area (Å²) < 4.78 is 0. The van der Waals surface area contributed by atoms with Gasteiger partial charge in [0, 0.05) is 56.1 Å². The number of aliphatic carboxylic acids is 4. The van der Waals surface area contributed by atoms with Gasteiger partial charge in [-0.3, -0.25) is 43.2 Å². The van der Waals surface area contributed by atoms with Crippen molar-refractivity contribution in [1.82, 2.24) is 31.2 Å². The molecule has 0 bridgehead atoms. The van der Waals surface area contributed by atoms with E-state index in [-0.39, 0.29) is 32.0 Å². The molecule has 1 aromatic rings. The summed E-state index contributed by atoms with van der Waals surface area (Å²) in [5, 5.41) is 54.7. The molecule has 2 aliphatic heterocycles. The minimum Gasteiger partial charge on any atom is -0.481 e. The standard InChI is InChI=1S/C49H79N7O13S2/c1-45(2,3)48(8,9)35(39(60)54-19-18-52-34(58)14-12-11-13-28-16-20-70-71-28)30(41(62)63)23-47(6,7)37(44(68)69)29-24-49(10,56-38(29)59)36(40(61)53-17-15-27-25-51-26-55-27)31(42(64)65)22-46(4,5)32(43(66)67)21-33(50)57/h25-26,28-32,35-37H,11-24H2,1-10H3,(H2,50,57)(H,51,55)(H,52,58)(H,53,61)(H,54,60)(H,56,59)(H,62,63)(H,64,65)(H,66,67)(H,68,69). The first-order valence-electron chi connectivity index (χ1n) is 24.4. The highest BCUT2D eigenvalue weighted by atomic mass is 33.1. The van der Waals surface area contributed by atoms with E-state index >= 15 is 0 Å². The molecule has 11 N–H and O–H groups in total. The summed E-state index contributed by atoms with van der Waals surface area (Å²) in [6.07, 6.45) is 5.51. The van der Waals surface area contributed by atoms with Gasteiger partial charge in [-0.05, 0) is 67.1 Å². The first-order chi connectivity index (χ1) is 32.8. The molecule has 1 aromatic heterocycles. The summed E-state index contributed by atoms with van der Waals surface area (Å²) in [5.41, 5.74) is -0.566. The lowest BCUT2D eigenvalue weighted by molar-refractivity contribution is -0.160. The van der Waals surface area contributed by atoms with Gasteiger partial charge in [0.25, 0.3) is 0 Å². The van der Waals surface area contributed by atoms with Crippen LogP contribution in [0.4, 0.5) is 0 Å². The van der Waals surface area contributed by atoms with Crippen LogP contribution < -0.4 is 27.0 Å². The summed E-state index contributed by atoms with van der Waals surface area (Å²) >= 11 is 0. The first-order valence-corrected chi connectivity index (χ1v) is 26.7. The van der Waals surface area contributed by atoms with E-state index in [4.69, 9.17) is 5.73 Å². The molecule has 3 rings (SSSR count). The van der Waals surface area contributed by atoms with Crippen LogP contribution in [0.25, 0.3) is 0 Å². The van der Waals surface area contributed by atoms with Crippen molar-refractivity contribution in [2.24, 2.45) is 68.8 Å². The number of hydrogen-bond acceptors (Lipinski definition) is 12. The number of aromatic amines is 1. The highest BCUT2D eigenvalue weighted by Crippen LogP contribution is 2.53. The Morgan fingerprint density at radius 3 is 1.94 bits per heavy atom. The summed E-state index contributed by atoms with van der Waals surface area (Å²) in [7, 11) is 3.76. The van der Waals surface area contributed by atoms with Crippen molar-refractivity contribution < 1.29 is 63.6 Å². The number of rotatable bonds is 30. The van der Waals surface area contributed by atoms with Crippen LogP contribution in [0.15, 0.2) is 12.5 Å². The number of imidazole rings is 1. The predicted molar refractivity (Wildman–Crippen MR) is 268 cm³/mol. The number of carbonyl (C=O) groups is 9. The lowest BCUT2D eigenvalue weighted by Gasteiger charge is -2.48. The third kappa shape index (κ3) is 16.3. The van der Waals surface area contributed by atoms with E-state index in [1.165, 1.54) is 47.4 Å². The summed E-state index contributed by atoms with van der Waals surface area (Å²) in [6.45, 7) is 16.5. The zero-order valence-corrected chi connectivity index (χ0v) is 44.6. The second kappa shape index (κ2) is 25.2. The predicted octanol–water partition coefficient (Wildman–Crippen LogP) is 4.73. The number of unbranched alkanes of at least 4 members (excludes halogenated alkanes) is 1. The van der Waals surface area contributed by atoms with Crippen LogP contribution >= 0.6 is 21.6 Å². The van der Waals surface area contributed by atoms with Gasteiger partial charge in [-0.15, -0.1) is 0 Å². The van der Waals surface area contributed by atoms with Gasteiger partial charge < -0.3 is 52.4 Å². The largest absolute Gasteiger partial charge is 0.481 e. The molecule has 0 radical (unpaired) electrons. The van der Waals surface area contributed by atoms with Gasteiger partial charge in [0.2, 0.25) is 29.5 Å². The van der Waals surface area contributed by atoms with E-state index in [1.54, 1.807) is 20.0 Å². The van der Waals surface area contributed by atoms with Crippen molar-refractivity contribution in [3.05, 3.63) is 18.2 Å². The molecule has 22 heteroatoms. The highest BCUT2D eigenvalue weighted by Gasteiger charge is 2.60. The molecule has 20 nitrogen and oxygen atoms in total. The van der Waals surface area contributed by atoms with Crippen LogP contribution in [0.3, 0.4) is 0 Å². The third-order valence-electron chi connectivity index (χ3n) is 15.3. The molecule has 71 heavy (non-hydrogen) atoms. The molecule has 2 saturated heterocycles. The Morgan fingerprint density at radius 1 is 0.817 bits per heavy atom. The van der Waals surface area contributed by atoms with Crippen LogP contribution in [-0.2, 0) is 49.6 Å². The van der Waals surface area contributed by atoms with Crippen molar-refractivity contribution in [2.75, 3.05) is 25.4 Å². The van der Waals surface area contributed by atoms with Crippen molar-refractivity contribution in [1.29, 1.82) is 0 Å². The summed E-state index contributed by atoms with van der Waals surface area (Å²) in [6, 6.07) is 0. The molecule has 0 saturated carbocycles. The number of H-pyrrole nitrogens is 1. The molecule has 5 amide bonds. The smallest absolute Gasteiger partial charge is 0.307 e. The lowest BCUT2D eigenvalue weighted by atomic mass is 9.55. The molecule has 2 aliphatic rings. The maximum atomic E-state index is 14.5. The van der Waals surface area contributed by atoms with E-state index in [1.807, 2.05) is 42.4 Å². The Bertz CT molecular complexity index is 2070. The molecule has 400 valence electrons. The fourth-order valence-corrected chi connectivity index (χ4v) is 13.6. The Kier molecular flexibility index (Phi) is 21.4. The van der Waals surface area contributed by atoms with E-state index in [0.717, 1.165) is 25.0 Å². The van der Waals surface area contributed by atoms with E-state index < -0.39 is 142 Å². The molecule has 9 atom stereocenters. The number of primary amides is 1. The number of amides is 5. The number of carbonyl (C=O) groups excluding carboxylic acids is 5. The van der Waals surface area contributed by atoms with E-state index in [9.17, 15) is 63.6 Å². The average Bonchev–Trinajstić information content (AvgIpc) is 4.01. The zero-order valence-electron chi connectivity index (χ0n) is 43.0. The van der Waals surface area contributed by atoms with Gasteiger partial charge in [-0.25, -0.2) is 4.98 Å². The molecule has 0 aliphatic carbocycles. The fraction of sp³-hybridized carbons (Fsp3) is 0.755. The van der Waals surface area contributed by atoms with Crippen LogP contribution in [-0.4, -0.2) is 120 Å². The third-order valence-corrected chi connectivity index (χ3v) is 18.3. The number of nitrogens with zero attached hydrogens (tertiary/aromatic N) is 1. The topological polar surface area (TPSA) is 337 Å². The van der Waals surface area contributed by atoms with Gasteiger partial charge in [-0.1, -0.05) is 90.3 Å². The van der Waals surface area contributed by atoms with E-state index in [0.29, 0.717) is 17.4 Å². The van der Waals surface area contributed by atoms with Crippen molar-refractivity contribution in [3.8, 4) is 0 Å². The molecular weight excluding hydrogens is 959 g/mol. The monoisotopic (exact) mass is 1040 g/mol. The fourth-order valence-electron chi connectivity index (χ4n) is 10.6. The SMILES string of the molecule is CC(C)(CC(C(=O)O)C(C(=O)NCCc1c[nH]cn1)C1(C)CC(C(C(=O)O)C(C)(C)CC(C(=O)O)C(C(=O)NCCNC(=O)CCCCC2CCSS2)C(C)(C)C(C)(C)C)C(=O)N1)C(CC(N)=O)C(=O)O. The number of nitrogens with one attached hydrogen (secondary N) is 5. The van der Waals surface area contributed by atoms with Gasteiger partial charge in [-0.2, -0.15) is 0 Å². The quantitative estimate of drug-likeness (QED) is 0.0368.